The fourth-order valence-electron chi connectivity index (χ4n) is 4.20. The molecule has 0 aliphatic carbocycles. The van der Waals surface area contributed by atoms with E-state index in [1.807, 2.05) is 18.2 Å². The van der Waals surface area contributed by atoms with Gasteiger partial charge in [0.2, 0.25) is 0 Å². The number of fused-ring (bicyclic) bond motifs is 3. The lowest BCUT2D eigenvalue weighted by atomic mass is 10.1. The zero-order chi connectivity index (χ0) is 18.5. The van der Waals surface area contributed by atoms with Gasteiger partial charge in [-0.2, -0.15) is 0 Å². The molecule has 4 rings (SSSR count). The number of furan rings is 1. The van der Waals surface area contributed by atoms with Gasteiger partial charge in [0, 0.05) is 23.9 Å². The predicted octanol–water partition coefficient (Wildman–Crippen LogP) is 6.75. The van der Waals surface area contributed by atoms with E-state index < -0.39 is 0 Å². The Morgan fingerprint density at radius 2 is 1.81 bits per heavy atom. The largest absolute Gasteiger partial charge is 0.475 e. The molecule has 1 aromatic heterocycles. The quantitative estimate of drug-likeness (QED) is 0.413. The lowest BCUT2D eigenvalue weighted by molar-refractivity contribution is -0.00465. The van der Waals surface area contributed by atoms with Crippen molar-refractivity contribution >= 4 is 21.9 Å². The van der Waals surface area contributed by atoms with Gasteiger partial charge in [0.05, 0.1) is 0 Å². The van der Waals surface area contributed by atoms with Crippen molar-refractivity contribution in [2.75, 3.05) is 13.1 Å². The van der Waals surface area contributed by atoms with Crippen molar-refractivity contribution in [1.82, 2.24) is 4.90 Å². The maximum Gasteiger partial charge on any atom is 0.152 e. The second kappa shape index (κ2) is 8.79. The van der Waals surface area contributed by atoms with Gasteiger partial charge >= 0.3 is 0 Å². The third-order valence-electron chi connectivity index (χ3n) is 5.72. The van der Waals surface area contributed by atoms with E-state index >= 15 is 0 Å². The molecule has 1 saturated heterocycles. The van der Waals surface area contributed by atoms with Gasteiger partial charge in [-0.3, -0.25) is 4.90 Å². The van der Waals surface area contributed by atoms with Crippen LogP contribution in [0.4, 0.5) is 0 Å². The smallest absolute Gasteiger partial charge is 0.152 e. The van der Waals surface area contributed by atoms with E-state index in [1.54, 1.807) is 0 Å². The Morgan fingerprint density at radius 1 is 0.963 bits per heavy atom. The summed E-state index contributed by atoms with van der Waals surface area (Å²) in [7, 11) is 0. The molecule has 1 aliphatic heterocycles. The highest BCUT2D eigenvalue weighted by atomic mass is 16.5. The molecule has 0 spiro atoms. The summed E-state index contributed by atoms with van der Waals surface area (Å²) in [6.45, 7) is 4.59. The molecule has 1 atom stereocenters. The van der Waals surface area contributed by atoms with Gasteiger partial charge in [-0.05, 0) is 49.9 Å². The van der Waals surface area contributed by atoms with Crippen LogP contribution in [0.15, 0.2) is 46.9 Å². The Kier molecular flexibility index (Phi) is 5.98. The summed E-state index contributed by atoms with van der Waals surface area (Å²) in [5.41, 5.74) is 1.87. The van der Waals surface area contributed by atoms with Gasteiger partial charge in [-0.1, -0.05) is 50.8 Å². The topological polar surface area (TPSA) is 25.6 Å². The van der Waals surface area contributed by atoms with Crippen molar-refractivity contribution in [2.45, 2.75) is 64.5 Å². The van der Waals surface area contributed by atoms with Crippen LogP contribution in [0.3, 0.4) is 0 Å². The standard InChI is InChI=1S/C24H31NO2/c1-2-3-4-5-9-16-25-17-10-8-13-24(25)26-19-14-15-23-21(18-19)20-11-6-7-12-22(20)27-23/h6-7,11-12,14-15,18,24H,2-5,8-10,13,16-17H2,1H3. The molecule has 0 radical (unpaired) electrons. The van der Waals surface area contributed by atoms with Crippen LogP contribution in [0.25, 0.3) is 21.9 Å². The number of hydrogen-bond donors (Lipinski definition) is 0. The van der Waals surface area contributed by atoms with Crippen molar-refractivity contribution < 1.29 is 9.15 Å². The highest BCUT2D eigenvalue weighted by Gasteiger charge is 2.23. The zero-order valence-electron chi connectivity index (χ0n) is 16.5. The minimum Gasteiger partial charge on any atom is -0.475 e. The first-order valence-corrected chi connectivity index (χ1v) is 10.7. The Labute approximate surface area is 162 Å². The maximum atomic E-state index is 6.46. The minimum atomic E-state index is 0.209. The predicted molar refractivity (Wildman–Crippen MR) is 112 cm³/mol. The Balaban J connectivity index is 1.45. The van der Waals surface area contributed by atoms with Crippen LogP contribution in [-0.4, -0.2) is 24.2 Å². The molecular formula is C24H31NO2. The fraction of sp³-hybridized carbons (Fsp3) is 0.500. The molecule has 0 bridgehead atoms. The van der Waals surface area contributed by atoms with Crippen molar-refractivity contribution in [3.05, 3.63) is 42.5 Å². The summed E-state index contributed by atoms with van der Waals surface area (Å²) in [5, 5.41) is 2.30. The van der Waals surface area contributed by atoms with Gasteiger partial charge in [0.1, 0.15) is 16.9 Å². The first kappa shape index (κ1) is 18.4. The Hall–Kier alpha value is -2.00. The third kappa shape index (κ3) is 4.30. The monoisotopic (exact) mass is 365 g/mol. The molecule has 27 heavy (non-hydrogen) atoms. The summed E-state index contributed by atoms with van der Waals surface area (Å²) >= 11 is 0. The van der Waals surface area contributed by atoms with Crippen molar-refractivity contribution in [3.63, 3.8) is 0 Å². The highest BCUT2D eigenvalue weighted by Crippen LogP contribution is 2.32. The summed E-state index contributed by atoms with van der Waals surface area (Å²) in [4.78, 5) is 2.55. The van der Waals surface area contributed by atoms with Crippen molar-refractivity contribution in [3.8, 4) is 5.75 Å². The Bertz CT molecular complexity index is 869. The maximum absolute atomic E-state index is 6.46. The van der Waals surface area contributed by atoms with Gasteiger partial charge in [-0.25, -0.2) is 0 Å². The number of unbranched alkanes of at least 4 members (excludes halogenated alkanes) is 4. The summed E-state index contributed by atoms with van der Waals surface area (Å²) in [5.74, 6) is 0.955. The number of hydrogen-bond acceptors (Lipinski definition) is 3. The molecule has 1 aliphatic rings. The molecular weight excluding hydrogens is 334 g/mol. The van der Waals surface area contributed by atoms with E-state index in [-0.39, 0.29) is 6.23 Å². The van der Waals surface area contributed by atoms with E-state index in [0.29, 0.717) is 0 Å². The molecule has 2 aromatic carbocycles. The molecule has 3 aromatic rings. The molecule has 1 fully saturated rings. The third-order valence-corrected chi connectivity index (χ3v) is 5.72. The van der Waals surface area contributed by atoms with E-state index in [2.05, 4.69) is 36.1 Å². The van der Waals surface area contributed by atoms with Crippen LogP contribution in [0.2, 0.25) is 0 Å². The highest BCUT2D eigenvalue weighted by molar-refractivity contribution is 6.05. The van der Waals surface area contributed by atoms with Crippen LogP contribution >= 0.6 is 0 Å². The van der Waals surface area contributed by atoms with E-state index in [0.717, 1.165) is 47.2 Å². The van der Waals surface area contributed by atoms with Crippen LogP contribution in [0.1, 0.15) is 58.3 Å². The molecule has 3 heteroatoms. The lowest BCUT2D eigenvalue weighted by Gasteiger charge is -2.35. The summed E-state index contributed by atoms with van der Waals surface area (Å²) < 4.78 is 12.4. The van der Waals surface area contributed by atoms with Crippen LogP contribution in [-0.2, 0) is 0 Å². The first-order valence-electron chi connectivity index (χ1n) is 10.7. The van der Waals surface area contributed by atoms with Gasteiger partial charge in [-0.15, -0.1) is 0 Å². The average molecular weight is 366 g/mol. The summed E-state index contributed by atoms with van der Waals surface area (Å²) in [6.07, 6.45) is 10.5. The number of piperidine rings is 1. The molecule has 144 valence electrons. The van der Waals surface area contributed by atoms with Gasteiger partial charge in [0.15, 0.2) is 6.23 Å². The first-order chi connectivity index (χ1) is 13.3. The van der Waals surface area contributed by atoms with Crippen molar-refractivity contribution in [1.29, 1.82) is 0 Å². The number of likely N-dealkylation sites (tertiary alicyclic amines) is 1. The second-order valence-electron chi connectivity index (χ2n) is 7.77. The zero-order valence-corrected chi connectivity index (χ0v) is 16.5. The van der Waals surface area contributed by atoms with Crippen LogP contribution < -0.4 is 4.74 Å². The minimum absolute atomic E-state index is 0.209. The molecule has 2 heterocycles. The normalized spacial score (nSPS) is 18.3. The summed E-state index contributed by atoms with van der Waals surface area (Å²) in [6, 6.07) is 14.5. The van der Waals surface area contributed by atoms with E-state index in [1.165, 1.54) is 44.9 Å². The van der Waals surface area contributed by atoms with Gasteiger partial charge < -0.3 is 9.15 Å². The SMILES string of the molecule is CCCCCCCN1CCCCC1Oc1ccc2oc3ccccc3c2c1. The number of ether oxygens (including phenoxy) is 1. The van der Waals surface area contributed by atoms with Gasteiger partial charge in [0.25, 0.3) is 0 Å². The molecule has 0 N–H and O–H groups in total. The van der Waals surface area contributed by atoms with E-state index in [4.69, 9.17) is 9.15 Å². The molecule has 0 amide bonds. The number of nitrogens with zero attached hydrogens (tertiary/aromatic N) is 1. The fourth-order valence-corrected chi connectivity index (χ4v) is 4.20. The average Bonchev–Trinajstić information content (AvgIpc) is 3.07. The number of benzene rings is 2. The molecule has 3 nitrogen and oxygen atoms in total. The number of rotatable bonds is 8. The lowest BCUT2D eigenvalue weighted by Crippen LogP contribution is -2.43. The van der Waals surface area contributed by atoms with Crippen LogP contribution in [0, 0.1) is 0 Å². The second-order valence-corrected chi connectivity index (χ2v) is 7.77. The van der Waals surface area contributed by atoms with E-state index in [9.17, 15) is 0 Å². The van der Waals surface area contributed by atoms with Crippen molar-refractivity contribution in [2.24, 2.45) is 0 Å². The molecule has 1 unspecified atom stereocenters. The number of para-hydroxylation sites is 1. The van der Waals surface area contributed by atoms with Crippen LogP contribution in [0.5, 0.6) is 5.75 Å². The molecule has 0 saturated carbocycles. The Morgan fingerprint density at radius 3 is 2.74 bits per heavy atom.